The summed E-state index contributed by atoms with van der Waals surface area (Å²) in [6.07, 6.45) is 0. The van der Waals surface area contributed by atoms with Crippen molar-refractivity contribution in [3.63, 3.8) is 0 Å². The van der Waals surface area contributed by atoms with Gasteiger partial charge in [0.2, 0.25) is 0 Å². The first-order valence-electron chi connectivity index (χ1n) is 4.02. The zero-order chi connectivity index (χ0) is 10.7. The van der Waals surface area contributed by atoms with Gasteiger partial charge in [-0.15, -0.1) is 0 Å². The van der Waals surface area contributed by atoms with Crippen molar-refractivity contribution in [1.29, 1.82) is 0 Å². The number of amides is 2. The third-order valence-electron chi connectivity index (χ3n) is 1.49. The molecular weight excluding hydrogens is 184 g/mol. The Morgan fingerprint density at radius 2 is 1.93 bits per heavy atom. The molecule has 1 aromatic heterocycles. The van der Waals surface area contributed by atoms with Gasteiger partial charge >= 0.3 is 12.0 Å². The summed E-state index contributed by atoms with van der Waals surface area (Å²) in [5.74, 6) is 0. The van der Waals surface area contributed by atoms with E-state index >= 15 is 0 Å². The molecule has 0 atom stereocenters. The van der Waals surface area contributed by atoms with Crippen LogP contribution in [0.15, 0.2) is 6.07 Å². The number of hydrogen-bond donors (Lipinski definition) is 1. The monoisotopic (exact) mass is 196 g/mol. The van der Waals surface area contributed by atoms with Crippen molar-refractivity contribution in [2.75, 3.05) is 7.05 Å². The Balaban J connectivity index is 2.81. The van der Waals surface area contributed by atoms with Crippen LogP contribution in [0.3, 0.4) is 0 Å². The van der Waals surface area contributed by atoms with Gasteiger partial charge in [0.05, 0.1) is 7.05 Å². The molecule has 76 valence electrons. The molecule has 1 heterocycles. The first kappa shape index (κ1) is 10.2. The van der Waals surface area contributed by atoms with Gasteiger partial charge in [0.15, 0.2) is 0 Å². The summed E-state index contributed by atoms with van der Waals surface area (Å²) in [5, 5.41) is 0.869. The van der Waals surface area contributed by atoms with Gasteiger partial charge in [-0.3, -0.25) is 0 Å². The Labute approximate surface area is 81.7 Å². The van der Waals surface area contributed by atoms with Crippen LogP contribution >= 0.6 is 0 Å². The molecule has 6 heteroatoms. The second kappa shape index (κ2) is 3.91. The van der Waals surface area contributed by atoms with E-state index in [1.165, 1.54) is 7.05 Å². The maximum atomic E-state index is 10.6. The summed E-state index contributed by atoms with van der Waals surface area (Å²) < 4.78 is 0. The van der Waals surface area contributed by atoms with E-state index in [1.807, 2.05) is 13.8 Å². The molecule has 2 amide bonds. The molecule has 0 fully saturated rings. The molecule has 6 nitrogen and oxygen atoms in total. The maximum Gasteiger partial charge on any atom is 0.347 e. The van der Waals surface area contributed by atoms with Crippen LogP contribution in [0.1, 0.15) is 11.4 Å². The molecule has 0 saturated heterocycles. The van der Waals surface area contributed by atoms with Crippen LogP contribution in [0, 0.1) is 13.8 Å². The van der Waals surface area contributed by atoms with Gasteiger partial charge in [0.1, 0.15) is 0 Å². The van der Waals surface area contributed by atoms with Crippen LogP contribution in [0.4, 0.5) is 4.79 Å². The van der Waals surface area contributed by atoms with Gasteiger partial charge < -0.3 is 10.6 Å². The molecule has 14 heavy (non-hydrogen) atoms. The van der Waals surface area contributed by atoms with E-state index in [-0.39, 0.29) is 6.01 Å². The van der Waals surface area contributed by atoms with Crippen LogP contribution in [0.5, 0.6) is 6.01 Å². The van der Waals surface area contributed by atoms with E-state index in [0.29, 0.717) is 0 Å². The molecule has 0 aliphatic heterocycles. The SMILES string of the molecule is Cc1cc(C)nc(ON(C)C(N)=O)n1. The average Bonchev–Trinajstić information content (AvgIpc) is 2.01. The van der Waals surface area contributed by atoms with Crippen molar-refractivity contribution in [2.45, 2.75) is 13.8 Å². The maximum absolute atomic E-state index is 10.6. The van der Waals surface area contributed by atoms with E-state index in [9.17, 15) is 4.79 Å². The summed E-state index contributed by atoms with van der Waals surface area (Å²) >= 11 is 0. The highest BCUT2D eigenvalue weighted by molar-refractivity contribution is 5.70. The largest absolute Gasteiger partial charge is 0.349 e. The van der Waals surface area contributed by atoms with Crippen LogP contribution in [0.2, 0.25) is 0 Å². The second-order valence-corrected chi connectivity index (χ2v) is 2.86. The minimum Gasteiger partial charge on any atom is -0.349 e. The third kappa shape index (κ3) is 2.58. The van der Waals surface area contributed by atoms with E-state index in [1.54, 1.807) is 6.07 Å². The Morgan fingerprint density at radius 1 is 1.43 bits per heavy atom. The number of aryl methyl sites for hydroxylation is 2. The summed E-state index contributed by atoms with van der Waals surface area (Å²) in [5.41, 5.74) is 6.50. The number of carbonyl (C=O) groups excluding carboxylic acids is 1. The fourth-order valence-electron chi connectivity index (χ4n) is 0.902. The molecule has 0 radical (unpaired) electrons. The molecule has 1 rings (SSSR count). The molecule has 0 aromatic carbocycles. The quantitative estimate of drug-likeness (QED) is 0.694. The van der Waals surface area contributed by atoms with Gasteiger partial charge in [-0.2, -0.15) is 15.0 Å². The molecule has 0 unspecified atom stereocenters. The van der Waals surface area contributed by atoms with E-state index < -0.39 is 6.03 Å². The zero-order valence-electron chi connectivity index (χ0n) is 8.31. The van der Waals surface area contributed by atoms with Crippen LogP contribution in [0.25, 0.3) is 0 Å². The predicted octanol–water partition coefficient (Wildman–Crippen LogP) is 0.398. The number of aromatic nitrogens is 2. The molecule has 0 bridgehead atoms. The molecular formula is C8H12N4O2. The molecule has 0 saturated carbocycles. The number of carbonyl (C=O) groups is 1. The fraction of sp³-hybridized carbons (Fsp3) is 0.375. The molecule has 1 aromatic rings. The lowest BCUT2D eigenvalue weighted by Crippen LogP contribution is -2.35. The highest BCUT2D eigenvalue weighted by Gasteiger charge is 2.08. The lowest BCUT2D eigenvalue weighted by atomic mass is 10.4. The Bertz CT molecular complexity index is 333. The Hall–Kier alpha value is -1.85. The average molecular weight is 196 g/mol. The fourth-order valence-corrected chi connectivity index (χ4v) is 0.902. The van der Waals surface area contributed by atoms with Crippen LogP contribution < -0.4 is 10.6 Å². The standard InChI is InChI=1S/C8H12N4O2/c1-5-4-6(2)11-8(10-5)14-12(3)7(9)13/h4H,1-3H3,(H2,9,13). The van der Waals surface area contributed by atoms with Crippen LogP contribution in [-0.4, -0.2) is 28.1 Å². The van der Waals surface area contributed by atoms with Gasteiger partial charge in [-0.25, -0.2) is 4.79 Å². The van der Waals surface area contributed by atoms with E-state index in [4.69, 9.17) is 10.6 Å². The molecule has 0 aliphatic carbocycles. The lowest BCUT2D eigenvalue weighted by Gasteiger charge is -2.13. The topological polar surface area (TPSA) is 81.3 Å². The van der Waals surface area contributed by atoms with Gasteiger partial charge in [-0.1, -0.05) is 0 Å². The summed E-state index contributed by atoms with van der Waals surface area (Å²) in [6.45, 7) is 3.62. The smallest absolute Gasteiger partial charge is 0.347 e. The number of nitrogens with two attached hydrogens (primary N) is 1. The third-order valence-corrected chi connectivity index (χ3v) is 1.49. The van der Waals surface area contributed by atoms with Gasteiger partial charge in [0.25, 0.3) is 0 Å². The Morgan fingerprint density at radius 3 is 2.36 bits per heavy atom. The van der Waals surface area contributed by atoms with Crippen molar-refractivity contribution in [1.82, 2.24) is 15.0 Å². The minimum absolute atomic E-state index is 0.115. The predicted molar refractivity (Wildman–Crippen MR) is 49.5 cm³/mol. The normalized spacial score (nSPS) is 9.64. The molecule has 2 N–H and O–H groups in total. The number of rotatable bonds is 2. The first-order chi connectivity index (χ1) is 6.49. The van der Waals surface area contributed by atoms with Crippen molar-refractivity contribution in [2.24, 2.45) is 5.73 Å². The minimum atomic E-state index is -0.701. The van der Waals surface area contributed by atoms with Gasteiger partial charge in [-0.05, 0) is 19.9 Å². The number of primary amides is 1. The number of nitrogens with zero attached hydrogens (tertiary/aromatic N) is 3. The van der Waals surface area contributed by atoms with Crippen molar-refractivity contribution in [3.8, 4) is 6.01 Å². The van der Waals surface area contributed by atoms with Gasteiger partial charge in [0, 0.05) is 11.4 Å². The Kier molecular flexibility index (Phi) is 2.85. The molecule has 0 aliphatic rings. The van der Waals surface area contributed by atoms with Crippen molar-refractivity contribution < 1.29 is 9.63 Å². The lowest BCUT2D eigenvalue weighted by molar-refractivity contribution is 0.00619. The zero-order valence-corrected chi connectivity index (χ0v) is 8.31. The first-order valence-corrected chi connectivity index (χ1v) is 4.02. The second-order valence-electron chi connectivity index (χ2n) is 2.86. The van der Waals surface area contributed by atoms with Crippen molar-refractivity contribution >= 4 is 6.03 Å². The highest BCUT2D eigenvalue weighted by Crippen LogP contribution is 2.06. The summed E-state index contributed by atoms with van der Waals surface area (Å²) in [4.78, 5) is 23.6. The number of hydroxylamine groups is 2. The van der Waals surface area contributed by atoms with Crippen LogP contribution in [-0.2, 0) is 0 Å². The van der Waals surface area contributed by atoms with E-state index in [0.717, 1.165) is 16.5 Å². The highest BCUT2D eigenvalue weighted by atomic mass is 16.7. The van der Waals surface area contributed by atoms with Crippen molar-refractivity contribution in [3.05, 3.63) is 17.5 Å². The number of hydrogen-bond acceptors (Lipinski definition) is 4. The van der Waals surface area contributed by atoms with E-state index in [2.05, 4.69) is 9.97 Å². The summed E-state index contributed by atoms with van der Waals surface area (Å²) in [6, 6.07) is 1.22. The summed E-state index contributed by atoms with van der Waals surface area (Å²) in [7, 11) is 1.39. The molecule has 0 spiro atoms. The number of urea groups is 1.